The fourth-order valence-electron chi connectivity index (χ4n) is 4.60. The van der Waals surface area contributed by atoms with E-state index in [-0.39, 0.29) is 17.0 Å². The molecule has 0 amide bonds. The predicted molar refractivity (Wildman–Crippen MR) is 121 cm³/mol. The Labute approximate surface area is 174 Å². The molecule has 0 aromatic heterocycles. The third-order valence-electron chi connectivity index (χ3n) is 6.44. The van der Waals surface area contributed by atoms with E-state index < -0.39 is 0 Å². The Morgan fingerprint density at radius 3 is 2.34 bits per heavy atom. The quantitative estimate of drug-likeness (QED) is 0.484. The minimum Gasteiger partial charge on any atom is -0.506 e. The summed E-state index contributed by atoms with van der Waals surface area (Å²) in [5.41, 5.74) is 7.93. The van der Waals surface area contributed by atoms with Gasteiger partial charge in [-0.2, -0.15) is 0 Å². The van der Waals surface area contributed by atoms with Crippen molar-refractivity contribution < 1.29 is 9.90 Å². The summed E-state index contributed by atoms with van der Waals surface area (Å²) in [6.07, 6.45) is 2.70. The van der Waals surface area contributed by atoms with Crippen LogP contribution in [0.4, 0.5) is 5.69 Å². The molecule has 0 saturated carbocycles. The summed E-state index contributed by atoms with van der Waals surface area (Å²) in [6.45, 7) is 16.3. The largest absolute Gasteiger partial charge is 0.506 e. The van der Waals surface area contributed by atoms with Crippen LogP contribution in [-0.2, 0) is 10.2 Å². The van der Waals surface area contributed by atoms with E-state index in [4.69, 9.17) is 0 Å². The Morgan fingerprint density at radius 1 is 1.21 bits per heavy atom. The Morgan fingerprint density at radius 2 is 1.83 bits per heavy atom. The molecule has 1 aromatic rings. The number of allylic oxidation sites excluding steroid dienone is 8. The second-order valence-corrected chi connectivity index (χ2v) is 8.56. The first kappa shape index (κ1) is 20.9. The lowest BCUT2D eigenvalue weighted by Crippen LogP contribution is -2.27. The van der Waals surface area contributed by atoms with Gasteiger partial charge in [-0.3, -0.25) is 4.79 Å². The molecule has 0 unspecified atom stereocenters. The number of carbonyl (C=O) groups is 1. The average Bonchev–Trinajstić information content (AvgIpc) is 2.86. The normalized spacial score (nSPS) is 21.8. The molecule has 0 spiro atoms. The Kier molecular flexibility index (Phi) is 5.20. The zero-order valence-corrected chi connectivity index (χ0v) is 18.6. The molecule has 0 atom stereocenters. The summed E-state index contributed by atoms with van der Waals surface area (Å²) >= 11 is 0. The highest BCUT2D eigenvalue weighted by Gasteiger charge is 2.41. The maximum Gasteiger partial charge on any atom is 0.200 e. The van der Waals surface area contributed by atoms with Crippen molar-refractivity contribution in [1.29, 1.82) is 0 Å². The lowest BCUT2D eigenvalue weighted by Gasteiger charge is -2.28. The van der Waals surface area contributed by atoms with Crippen molar-refractivity contribution in [3.05, 3.63) is 87.4 Å². The smallest absolute Gasteiger partial charge is 0.200 e. The number of hydrogen-bond donors (Lipinski definition) is 1. The van der Waals surface area contributed by atoms with Crippen molar-refractivity contribution in [1.82, 2.24) is 0 Å². The Hall–Kier alpha value is -2.81. The zero-order chi connectivity index (χ0) is 21.7. The molecule has 0 saturated heterocycles. The second-order valence-electron chi connectivity index (χ2n) is 8.56. The van der Waals surface area contributed by atoms with Crippen LogP contribution in [0, 0.1) is 0 Å². The molecule has 1 N–H and O–H groups in total. The van der Waals surface area contributed by atoms with Crippen LogP contribution in [0.25, 0.3) is 0 Å². The van der Waals surface area contributed by atoms with Crippen LogP contribution in [0.3, 0.4) is 0 Å². The molecule has 3 heteroatoms. The van der Waals surface area contributed by atoms with Gasteiger partial charge in [-0.15, -0.1) is 0 Å². The summed E-state index contributed by atoms with van der Waals surface area (Å²) in [6, 6.07) is 8.26. The molecule has 3 nitrogen and oxygen atoms in total. The fraction of sp³-hybridized carbons (Fsp3) is 0.346. The molecule has 1 aliphatic carbocycles. The number of fused-ring (bicyclic) bond motifs is 1. The number of nitrogens with zero attached hydrogens (tertiary/aromatic N) is 1. The highest BCUT2D eigenvalue weighted by atomic mass is 16.3. The van der Waals surface area contributed by atoms with Gasteiger partial charge in [0.15, 0.2) is 0 Å². The average molecular weight is 390 g/mol. The lowest BCUT2D eigenvalue weighted by atomic mass is 9.78. The van der Waals surface area contributed by atoms with E-state index in [1.54, 1.807) is 0 Å². The molecule has 0 fully saturated rings. The first-order valence-corrected chi connectivity index (χ1v) is 10.1. The number of Topliss-reactive ketones (excluding diaryl/α,β-unsaturated/α-hetero) is 1. The molecule has 29 heavy (non-hydrogen) atoms. The minimum atomic E-state index is -0.238. The van der Waals surface area contributed by atoms with Crippen molar-refractivity contribution >= 4 is 11.5 Å². The van der Waals surface area contributed by atoms with E-state index in [9.17, 15) is 9.90 Å². The van der Waals surface area contributed by atoms with Crippen molar-refractivity contribution in [2.75, 3.05) is 11.9 Å². The van der Waals surface area contributed by atoms with Crippen LogP contribution in [0.2, 0.25) is 0 Å². The first-order valence-electron chi connectivity index (χ1n) is 10.1. The third-order valence-corrected chi connectivity index (χ3v) is 6.44. The van der Waals surface area contributed by atoms with Gasteiger partial charge in [-0.1, -0.05) is 51.1 Å². The molecule has 3 rings (SSSR count). The highest BCUT2D eigenvalue weighted by Crippen LogP contribution is 2.48. The van der Waals surface area contributed by atoms with E-state index in [2.05, 4.69) is 44.4 Å². The summed E-state index contributed by atoms with van der Waals surface area (Å²) < 4.78 is 0. The van der Waals surface area contributed by atoms with Gasteiger partial charge in [0, 0.05) is 23.8 Å². The topological polar surface area (TPSA) is 40.5 Å². The standard InChI is InChI=1S/C26H31NO2/c1-9-18(15(2)3)16(4)17(5)23-24(28)19(25(23)29)14-22-26(6,7)20-12-10-11-13-21(20)27(22)8/h10-14,28H,2,9H2,1,3-8H3/b18-16-,22-14-,23-17-. The number of anilines is 1. The third kappa shape index (κ3) is 3.09. The number of hydrogen-bond acceptors (Lipinski definition) is 3. The second kappa shape index (κ2) is 7.22. The maximum absolute atomic E-state index is 13.0. The lowest BCUT2D eigenvalue weighted by molar-refractivity contribution is -0.113. The molecular weight excluding hydrogens is 358 g/mol. The van der Waals surface area contributed by atoms with Crippen LogP contribution >= 0.6 is 0 Å². The molecule has 2 aliphatic rings. The van der Waals surface area contributed by atoms with E-state index in [1.807, 2.05) is 46.0 Å². The van der Waals surface area contributed by atoms with Crippen LogP contribution in [0.15, 0.2) is 81.8 Å². The summed E-state index contributed by atoms with van der Waals surface area (Å²) in [7, 11) is 2.01. The van der Waals surface area contributed by atoms with Crippen molar-refractivity contribution in [3.63, 3.8) is 0 Å². The molecule has 1 heterocycles. The van der Waals surface area contributed by atoms with E-state index >= 15 is 0 Å². The maximum atomic E-state index is 13.0. The first-order chi connectivity index (χ1) is 13.5. The van der Waals surface area contributed by atoms with E-state index in [0.29, 0.717) is 11.1 Å². The molecular formula is C26H31NO2. The zero-order valence-electron chi connectivity index (χ0n) is 18.6. The van der Waals surface area contributed by atoms with Crippen LogP contribution in [0.5, 0.6) is 0 Å². The number of ketones is 1. The summed E-state index contributed by atoms with van der Waals surface area (Å²) in [5.74, 6) is 0.000786. The van der Waals surface area contributed by atoms with Gasteiger partial charge >= 0.3 is 0 Å². The SMILES string of the molecule is C=C(C)/C(CC)=C(C)\C(C)=C1/C(=O)C(/C=C2\N(C)c3ccccc3C2(C)C)=C1O. The Bertz CT molecular complexity index is 1040. The van der Waals surface area contributed by atoms with Crippen molar-refractivity contribution in [3.8, 4) is 0 Å². The fourth-order valence-corrected chi connectivity index (χ4v) is 4.60. The molecule has 152 valence electrons. The van der Waals surface area contributed by atoms with Crippen LogP contribution in [-0.4, -0.2) is 17.9 Å². The molecule has 1 aliphatic heterocycles. The Balaban J connectivity index is 2.08. The number of aliphatic hydroxyl groups is 1. The van der Waals surface area contributed by atoms with Gasteiger partial charge in [0.2, 0.25) is 5.78 Å². The van der Waals surface area contributed by atoms with E-state index in [0.717, 1.165) is 40.1 Å². The predicted octanol–water partition coefficient (Wildman–Crippen LogP) is 6.31. The number of likely N-dealkylation sites (N-methyl/N-ethyl adjacent to an activating group) is 1. The minimum absolute atomic E-state index is 0.0934. The number of aliphatic hydroxyl groups excluding tert-OH is 1. The van der Waals surface area contributed by atoms with Crippen molar-refractivity contribution in [2.45, 2.75) is 53.4 Å². The number of para-hydroxylation sites is 1. The van der Waals surface area contributed by atoms with Gasteiger partial charge in [-0.25, -0.2) is 0 Å². The van der Waals surface area contributed by atoms with Gasteiger partial charge in [0.1, 0.15) is 5.76 Å². The van der Waals surface area contributed by atoms with Crippen LogP contribution in [0.1, 0.15) is 53.5 Å². The molecule has 1 aromatic carbocycles. The number of rotatable bonds is 4. The molecule has 0 bridgehead atoms. The van der Waals surface area contributed by atoms with Gasteiger partial charge in [-0.05, 0) is 61.6 Å². The van der Waals surface area contributed by atoms with Gasteiger partial charge < -0.3 is 10.0 Å². The summed E-state index contributed by atoms with van der Waals surface area (Å²) in [4.78, 5) is 15.1. The van der Waals surface area contributed by atoms with Crippen molar-refractivity contribution in [2.24, 2.45) is 0 Å². The number of benzene rings is 1. The molecule has 0 radical (unpaired) electrons. The van der Waals surface area contributed by atoms with Gasteiger partial charge in [0.25, 0.3) is 0 Å². The summed E-state index contributed by atoms with van der Waals surface area (Å²) in [5, 5.41) is 10.8. The monoisotopic (exact) mass is 389 g/mol. The van der Waals surface area contributed by atoms with Gasteiger partial charge in [0.05, 0.1) is 11.1 Å². The van der Waals surface area contributed by atoms with E-state index in [1.165, 1.54) is 5.56 Å². The highest BCUT2D eigenvalue weighted by molar-refractivity contribution is 6.21. The number of carbonyl (C=O) groups excluding carboxylic acids is 1. The van der Waals surface area contributed by atoms with Crippen LogP contribution < -0.4 is 4.90 Å².